The van der Waals surface area contributed by atoms with Crippen LogP contribution in [0.1, 0.15) is 18.4 Å². The molecule has 0 bridgehead atoms. The molecule has 0 radical (unpaired) electrons. The van der Waals surface area contributed by atoms with E-state index in [0.29, 0.717) is 24.2 Å². The molecule has 0 aromatic heterocycles. The molecule has 0 amide bonds. The molecule has 17 heavy (non-hydrogen) atoms. The van der Waals surface area contributed by atoms with E-state index in [-0.39, 0.29) is 6.61 Å². The summed E-state index contributed by atoms with van der Waals surface area (Å²) in [5, 5.41) is 22.2. The summed E-state index contributed by atoms with van der Waals surface area (Å²) in [7, 11) is 0. The smallest absolute Gasteiger partial charge is 0.120 e. The zero-order valence-corrected chi connectivity index (χ0v) is 9.65. The third kappa shape index (κ3) is 3.19. The van der Waals surface area contributed by atoms with Crippen molar-refractivity contribution in [3.63, 3.8) is 0 Å². The maximum absolute atomic E-state index is 10.2. The first-order valence-corrected chi connectivity index (χ1v) is 5.78. The number of hydrogen-bond donors (Lipinski definition) is 2. The predicted octanol–water partition coefficient (Wildman–Crippen LogP) is 1.05. The second-order valence-corrected chi connectivity index (χ2v) is 4.40. The van der Waals surface area contributed by atoms with E-state index in [0.717, 1.165) is 13.1 Å². The summed E-state index contributed by atoms with van der Waals surface area (Å²) in [4.78, 5) is 0. The molecule has 1 aromatic carbocycles. The molecule has 4 nitrogen and oxygen atoms in total. The first-order valence-electron chi connectivity index (χ1n) is 5.78. The number of aliphatic hydroxyl groups is 1. The minimum atomic E-state index is -0.742. The standard InChI is InChI=1S/C13H16N2O2/c14-9-11-2-1-3-12(8-11)17-10-13(16)4-6-15-7-5-13/h1-3,8,15-16H,4-7,10H2. The van der Waals surface area contributed by atoms with Crippen molar-refractivity contribution in [1.29, 1.82) is 5.26 Å². The maximum atomic E-state index is 10.2. The summed E-state index contributed by atoms with van der Waals surface area (Å²) >= 11 is 0. The van der Waals surface area contributed by atoms with Gasteiger partial charge in [-0.3, -0.25) is 0 Å². The molecule has 0 saturated carbocycles. The van der Waals surface area contributed by atoms with Crippen LogP contribution in [0, 0.1) is 11.3 Å². The Morgan fingerprint density at radius 3 is 2.88 bits per heavy atom. The molecule has 1 heterocycles. The summed E-state index contributed by atoms with van der Waals surface area (Å²) in [6.07, 6.45) is 1.40. The highest BCUT2D eigenvalue weighted by Crippen LogP contribution is 2.20. The quantitative estimate of drug-likeness (QED) is 0.817. The van der Waals surface area contributed by atoms with E-state index in [9.17, 15) is 5.11 Å². The number of benzene rings is 1. The Balaban J connectivity index is 1.95. The van der Waals surface area contributed by atoms with Gasteiger partial charge in [0.05, 0.1) is 11.6 Å². The molecule has 0 atom stereocenters. The van der Waals surface area contributed by atoms with Crippen molar-refractivity contribution in [3.05, 3.63) is 29.8 Å². The largest absolute Gasteiger partial charge is 0.491 e. The van der Waals surface area contributed by atoms with E-state index in [2.05, 4.69) is 11.4 Å². The van der Waals surface area contributed by atoms with E-state index in [1.807, 2.05) is 0 Å². The molecule has 0 aliphatic carbocycles. The van der Waals surface area contributed by atoms with Crippen LogP contribution in [-0.2, 0) is 0 Å². The Kier molecular flexibility index (Phi) is 3.62. The molecule has 4 heteroatoms. The van der Waals surface area contributed by atoms with E-state index >= 15 is 0 Å². The van der Waals surface area contributed by atoms with Crippen LogP contribution in [0.15, 0.2) is 24.3 Å². The predicted molar refractivity (Wildman–Crippen MR) is 63.7 cm³/mol. The van der Waals surface area contributed by atoms with Crippen LogP contribution in [0.3, 0.4) is 0 Å². The minimum absolute atomic E-state index is 0.281. The second kappa shape index (κ2) is 5.17. The van der Waals surface area contributed by atoms with Crippen molar-refractivity contribution < 1.29 is 9.84 Å². The Labute approximate surface area is 101 Å². The van der Waals surface area contributed by atoms with Crippen LogP contribution < -0.4 is 10.1 Å². The fourth-order valence-electron chi connectivity index (χ4n) is 1.91. The van der Waals surface area contributed by atoms with E-state index in [1.165, 1.54) is 0 Å². The maximum Gasteiger partial charge on any atom is 0.120 e. The number of ether oxygens (including phenoxy) is 1. The summed E-state index contributed by atoms with van der Waals surface area (Å²) in [6.45, 7) is 1.92. The third-order valence-electron chi connectivity index (χ3n) is 3.00. The Morgan fingerprint density at radius 1 is 1.41 bits per heavy atom. The fraction of sp³-hybridized carbons (Fsp3) is 0.462. The molecular weight excluding hydrogens is 216 g/mol. The van der Waals surface area contributed by atoms with Gasteiger partial charge in [0.25, 0.3) is 0 Å². The second-order valence-electron chi connectivity index (χ2n) is 4.40. The van der Waals surface area contributed by atoms with Gasteiger partial charge in [0.2, 0.25) is 0 Å². The molecule has 1 aliphatic heterocycles. The van der Waals surface area contributed by atoms with Crippen LogP contribution in [0.25, 0.3) is 0 Å². The SMILES string of the molecule is N#Cc1cccc(OCC2(O)CCNCC2)c1. The zero-order chi connectivity index (χ0) is 12.1. The topological polar surface area (TPSA) is 65.3 Å². The first kappa shape index (κ1) is 11.9. The van der Waals surface area contributed by atoms with Gasteiger partial charge in [0.15, 0.2) is 0 Å². The normalized spacial score (nSPS) is 18.4. The first-order chi connectivity index (χ1) is 8.22. The lowest BCUT2D eigenvalue weighted by molar-refractivity contribution is -0.0286. The summed E-state index contributed by atoms with van der Waals surface area (Å²) in [5.41, 5.74) is -0.173. The minimum Gasteiger partial charge on any atom is -0.491 e. The number of hydrogen-bond acceptors (Lipinski definition) is 4. The van der Waals surface area contributed by atoms with Gasteiger partial charge in [-0.05, 0) is 44.1 Å². The molecule has 1 fully saturated rings. The molecule has 1 aromatic rings. The molecule has 0 unspecified atom stereocenters. The lowest BCUT2D eigenvalue weighted by Crippen LogP contribution is -2.45. The third-order valence-corrected chi connectivity index (χ3v) is 3.00. The summed E-state index contributed by atoms with van der Waals surface area (Å²) < 4.78 is 5.56. The molecule has 1 saturated heterocycles. The van der Waals surface area contributed by atoms with Gasteiger partial charge >= 0.3 is 0 Å². The summed E-state index contributed by atoms with van der Waals surface area (Å²) in [5.74, 6) is 0.635. The molecule has 90 valence electrons. The lowest BCUT2D eigenvalue weighted by Gasteiger charge is -2.32. The fourth-order valence-corrected chi connectivity index (χ4v) is 1.91. The van der Waals surface area contributed by atoms with Crippen LogP contribution in [0.5, 0.6) is 5.75 Å². The van der Waals surface area contributed by atoms with Gasteiger partial charge in [-0.2, -0.15) is 5.26 Å². The van der Waals surface area contributed by atoms with E-state index < -0.39 is 5.60 Å². The van der Waals surface area contributed by atoms with Crippen LogP contribution >= 0.6 is 0 Å². The Bertz CT molecular complexity index is 420. The van der Waals surface area contributed by atoms with Crippen molar-refractivity contribution in [2.24, 2.45) is 0 Å². The molecule has 1 aliphatic rings. The highest BCUT2D eigenvalue weighted by Gasteiger charge is 2.29. The van der Waals surface area contributed by atoms with Gasteiger partial charge in [-0.1, -0.05) is 6.07 Å². The monoisotopic (exact) mass is 232 g/mol. The molecule has 2 rings (SSSR count). The Morgan fingerprint density at radius 2 is 2.18 bits per heavy atom. The van der Waals surface area contributed by atoms with Crippen molar-refractivity contribution in [1.82, 2.24) is 5.32 Å². The number of rotatable bonds is 3. The van der Waals surface area contributed by atoms with Crippen LogP contribution in [-0.4, -0.2) is 30.4 Å². The van der Waals surface area contributed by atoms with Crippen LogP contribution in [0.4, 0.5) is 0 Å². The number of piperidine rings is 1. The van der Waals surface area contributed by atoms with Gasteiger partial charge in [0.1, 0.15) is 18.0 Å². The molecule has 0 spiro atoms. The summed E-state index contributed by atoms with van der Waals surface area (Å²) in [6, 6.07) is 9.05. The van der Waals surface area contributed by atoms with Gasteiger partial charge in [-0.25, -0.2) is 0 Å². The highest BCUT2D eigenvalue weighted by molar-refractivity contribution is 5.36. The van der Waals surface area contributed by atoms with Gasteiger partial charge in [0, 0.05) is 0 Å². The van der Waals surface area contributed by atoms with Crippen molar-refractivity contribution in [3.8, 4) is 11.8 Å². The average molecular weight is 232 g/mol. The molecular formula is C13H16N2O2. The number of nitriles is 1. The van der Waals surface area contributed by atoms with Crippen molar-refractivity contribution >= 4 is 0 Å². The van der Waals surface area contributed by atoms with Crippen molar-refractivity contribution in [2.45, 2.75) is 18.4 Å². The lowest BCUT2D eigenvalue weighted by atomic mass is 9.93. The van der Waals surface area contributed by atoms with Crippen molar-refractivity contribution in [2.75, 3.05) is 19.7 Å². The Hall–Kier alpha value is -1.57. The van der Waals surface area contributed by atoms with Gasteiger partial charge < -0.3 is 15.2 Å². The van der Waals surface area contributed by atoms with E-state index in [1.54, 1.807) is 24.3 Å². The zero-order valence-electron chi connectivity index (χ0n) is 9.65. The molecule has 2 N–H and O–H groups in total. The van der Waals surface area contributed by atoms with Gasteiger partial charge in [-0.15, -0.1) is 0 Å². The van der Waals surface area contributed by atoms with E-state index in [4.69, 9.17) is 10.00 Å². The number of nitrogens with zero attached hydrogens (tertiary/aromatic N) is 1. The number of nitrogens with one attached hydrogen (secondary N) is 1. The average Bonchev–Trinajstić information content (AvgIpc) is 2.38. The van der Waals surface area contributed by atoms with Crippen LogP contribution in [0.2, 0.25) is 0 Å². The highest BCUT2D eigenvalue weighted by atomic mass is 16.5.